The fourth-order valence-corrected chi connectivity index (χ4v) is 3.25. The van der Waals surface area contributed by atoms with Crippen LogP contribution in [0.3, 0.4) is 0 Å². The lowest BCUT2D eigenvalue weighted by Gasteiger charge is -2.19. The molecule has 0 aliphatic carbocycles. The van der Waals surface area contributed by atoms with Crippen LogP contribution in [-0.2, 0) is 25.8 Å². The number of hydrogen-bond donors (Lipinski definition) is 1. The molecule has 2 aromatic rings. The van der Waals surface area contributed by atoms with E-state index in [1.54, 1.807) is 11.3 Å². The van der Waals surface area contributed by atoms with Crippen LogP contribution in [0.2, 0.25) is 0 Å². The Balaban J connectivity index is 1.93. The van der Waals surface area contributed by atoms with Gasteiger partial charge in [-0.3, -0.25) is 0 Å². The predicted octanol–water partition coefficient (Wildman–Crippen LogP) is 2.04. The summed E-state index contributed by atoms with van der Waals surface area (Å²) < 4.78 is 0. The highest BCUT2D eigenvalue weighted by atomic mass is 32.1. The van der Waals surface area contributed by atoms with E-state index < -0.39 is 0 Å². The van der Waals surface area contributed by atoms with E-state index in [2.05, 4.69) is 22.6 Å². The molecule has 0 fully saturated rings. The lowest BCUT2D eigenvalue weighted by Crippen LogP contribution is -2.27. The summed E-state index contributed by atoms with van der Waals surface area (Å²) in [6.45, 7) is 6.10. The first-order chi connectivity index (χ1) is 9.26. The quantitative estimate of drug-likeness (QED) is 0.930. The highest BCUT2D eigenvalue weighted by molar-refractivity contribution is 7.09. The van der Waals surface area contributed by atoms with Gasteiger partial charge in [0.05, 0.1) is 12.1 Å². The van der Waals surface area contributed by atoms with E-state index in [0.717, 1.165) is 48.9 Å². The topological polar surface area (TPSA) is 50.7 Å². The highest BCUT2D eigenvalue weighted by Gasteiger charge is 2.16. The molecule has 0 unspecified atom stereocenters. The van der Waals surface area contributed by atoms with Crippen molar-refractivity contribution in [3.63, 3.8) is 0 Å². The van der Waals surface area contributed by atoms with Crippen LogP contribution >= 0.6 is 11.3 Å². The minimum Gasteiger partial charge on any atom is -0.311 e. The highest BCUT2D eigenvalue weighted by Crippen LogP contribution is 2.19. The minimum absolute atomic E-state index is 0.749. The second-order valence-electron chi connectivity index (χ2n) is 4.85. The van der Waals surface area contributed by atoms with Gasteiger partial charge in [0.25, 0.3) is 0 Å². The molecule has 2 aromatic heterocycles. The smallest absolute Gasteiger partial charge is 0.135 e. The molecule has 3 rings (SSSR count). The molecule has 19 heavy (non-hydrogen) atoms. The Kier molecular flexibility index (Phi) is 3.57. The summed E-state index contributed by atoms with van der Waals surface area (Å²) in [6.07, 6.45) is 2.78. The zero-order valence-electron chi connectivity index (χ0n) is 11.4. The Morgan fingerprint density at radius 2 is 2.21 bits per heavy atom. The van der Waals surface area contributed by atoms with Gasteiger partial charge in [0.15, 0.2) is 0 Å². The van der Waals surface area contributed by atoms with Gasteiger partial charge in [-0.25, -0.2) is 15.0 Å². The third-order valence-corrected chi connectivity index (χ3v) is 4.35. The van der Waals surface area contributed by atoms with Crippen molar-refractivity contribution in [2.45, 2.75) is 39.7 Å². The van der Waals surface area contributed by atoms with E-state index in [4.69, 9.17) is 9.97 Å². The number of rotatable bonds is 3. The Hall–Kier alpha value is -1.33. The maximum atomic E-state index is 4.74. The number of nitrogens with zero attached hydrogens (tertiary/aromatic N) is 3. The molecule has 0 spiro atoms. The molecule has 100 valence electrons. The fourth-order valence-electron chi connectivity index (χ4n) is 2.48. The van der Waals surface area contributed by atoms with Gasteiger partial charge in [-0.1, -0.05) is 6.92 Å². The van der Waals surface area contributed by atoms with Crippen LogP contribution in [0, 0.1) is 6.92 Å². The molecule has 3 heterocycles. The summed E-state index contributed by atoms with van der Waals surface area (Å²) >= 11 is 1.69. The number of nitrogens with one attached hydrogen (secondary N) is 1. The van der Waals surface area contributed by atoms with Crippen LogP contribution in [0.1, 0.15) is 40.4 Å². The van der Waals surface area contributed by atoms with Crippen LogP contribution in [0.25, 0.3) is 0 Å². The molecule has 1 aliphatic rings. The molecular formula is C14H18N4S. The van der Waals surface area contributed by atoms with Gasteiger partial charge >= 0.3 is 0 Å². The SMILES string of the molecule is CCc1nc(Cc2nc(C)cs2)nc2c1CCNC2. The van der Waals surface area contributed by atoms with E-state index in [1.807, 2.05) is 6.92 Å². The maximum absolute atomic E-state index is 4.74. The van der Waals surface area contributed by atoms with E-state index in [9.17, 15) is 0 Å². The van der Waals surface area contributed by atoms with E-state index in [0.29, 0.717) is 0 Å². The van der Waals surface area contributed by atoms with Gasteiger partial charge in [-0.15, -0.1) is 11.3 Å². The lowest BCUT2D eigenvalue weighted by atomic mass is 10.0. The average Bonchev–Trinajstić information content (AvgIpc) is 2.83. The molecule has 4 nitrogen and oxygen atoms in total. The van der Waals surface area contributed by atoms with Gasteiger partial charge in [0.2, 0.25) is 0 Å². The molecule has 0 saturated heterocycles. The molecular weight excluding hydrogens is 256 g/mol. The first-order valence-electron chi connectivity index (χ1n) is 6.75. The summed E-state index contributed by atoms with van der Waals surface area (Å²) in [4.78, 5) is 14.0. The number of hydrogen-bond acceptors (Lipinski definition) is 5. The van der Waals surface area contributed by atoms with Crippen molar-refractivity contribution < 1.29 is 0 Å². The third kappa shape index (κ3) is 2.67. The van der Waals surface area contributed by atoms with Crippen molar-refractivity contribution in [3.05, 3.63) is 38.9 Å². The molecule has 0 radical (unpaired) electrons. The van der Waals surface area contributed by atoms with Gasteiger partial charge in [0, 0.05) is 23.3 Å². The van der Waals surface area contributed by atoms with Crippen molar-refractivity contribution in [1.82, 2.24) is 20.3 Å². The van der Waals surface area contributed by atoms with Crippen LogP contribution < -0.4 is 5.32 Å². The number of aryl methyl sites for hydroxylation is 2. The first kappa shape index (κ1) is 12.7. The van der Waals surface area contributed by atoms with Gasteiger partial charge in [0.1, 0.15) is 10.8 Å². The Bertz CT molecular complexity index is 574. The first-order valence-corrected chi connectivity index (χ1v) is 7.63. The zero-order chi connectivity index (χ0) is 13.2. The van der Waals surface area contributed by atoms with Crippen molar-refractivity contribution in [1.29, 1.82) is 0 Å². The van der Waals surface area contributed by atoms with Crippen molar-refractivity contribution in [3.8, 4) is 0 Å². The molecule has 1 N–H and O–H groups in total. The molecule has 0 atom stereocenters. The molecule has 0 amide bonds. The predicted molar refractivity (Wildman–Crippen MR) is 76.5 cm³/mol. The van der Waals surface area contributed by atoms with Crippen molar-refractivity contribution >= 4 is 11.3 Å². The van der Waals surface area contributed by atoms with Gasteiger partial charge < -0.3 is 5.32 Å². The van der Waals surface area contributed by atoms with Crippen LogP contribution in [0.4, 0.5) is 0 Å². The van der Waals surface area contributed by atoms with E-state index >= 15 is 0 Å². The monoisotopic (exact) mass is 274 g/mol. The average molecular weight is 274 g/mol. The lowest BCUT2D eigenvalue weighted by molar-refractivity contribution is 0.609. The Morgan fingerprint density at radius 1 is 1.32 bits per heavy atom. The Labute approximate surface area is 117 Å². The van der Waals surface area contributed by atoms with Crippen LogP contribution in [0.5, 0.6) is 0 Å². The molecule has 0 bridgehead atoms. The van der Waals surface area contributed by atoms with E-state index in [-0.39, 0.29) is 0 Å². The molecule has 0 saturated carbocycles. The van der Waals surface area contributed by atoms with Gasteiger partial charge in [-0.05, 0) is 31.9 Å². The van der Waals surface area contributed by atoms with E-state index in [1.165, 1.54) is 17.0 Å². The summed E-state index contributed by atoms with van der Waals surface area (Å²) in [5.41, 5.74) is 4.84. The molecule has 5 heteroatoms. The largest absolute Gasteiger partial charge is 0.311 e. The molecule has 0 aromatic carbocycles. The number of fused-ring (bicyclic) bond motifs is 1. The van der Waals surface area contributed by atoms with Crippen LogP contribution in [0.15, 0.2) is 5.38 Å². The van der Waals surface area contributed by atoms with Crippen molar-refractivity contribution in [2.75, 3.05) is 6.54 Å². The minimum atomic E-state index is 0.749. The second kappa shape index (κ2) is 5.35. The summed E-state index contributed by atoms with van der Waals surface area (Å²) in [5.74, 6) is 0.911. The second-order valence-corrected chi connectivity index (χ2v) is 5.79. The van der Waals surface area contributed by atoms with Gasteiger partial charge in [-0.2, -0.15) is 0 Å². The summed E-state index contributed by atoms with van der Waals surface area (Å²) in [6, 6.07) is 0. The maximum Gasteiger partial charge on any atom is 0.135 e. The summed E-state index contributed by atoms with van der Waals surface area (Å²) in [5, 5.41) is 6.56. The zero-order valence-corrected chi connectivity index (χ0v) is 12.2. The van der Waals surface area contributed by atoms with Crippen LogP contribution in [-0.4, -0.2) is 21.5 Å². The standard InChI is InChI=1S/C14H18N4S/c1-3-11-10-4-5-15-7-12(10)18-13(17-11)6-14-16-9(2)8-19-14/h8,15H,3-7H2,1-2H3. The number of aromatic nitrogens is 3. The normalized spacial score (nSPS) is 14.4. The fraction of sp³-hybridized carbons (Fsp3) is 0.500. The van der Waals surface area contributed by atoms with Crippen molar-refractivity contribution in [2.24, 2.45) is 0 Å². The number of thiazole rings is 1. The Morgan fingerprint density at radius 3 is 2.95 bits per heavy atom. The summed E-state index contributed by atoms with van der Waals surface area (Å²) in [7, 11) is 0. The third-order valence-electron chi connectivity index (χ3n) is 3.38. The molecule has 1 aliphatic heterocycles.